The predicted octanol–water partition coefficient (Wildman–Crippen LogP) is 5.31. The Labute approximate surface area is 149 Å². The van der Waals surface area contributed by atoms with Gasteiger partial charge in [0.25, 0.3) is 0 Å². The summed E-state index contributed by atoms with van der Waals surface area (Å²) in [6.07, 6.45) is 0.902. The molecule has 23 heavy (non-hydrogen) atoms. The first-order valence-corrected chi connectivity index (χ1v) is 8.51. The third-order valence-electron chi connectivity index (χ3n) is 3.20. The van der Waals surface area contributed by atoms with Crippen molar-refractivity contribution in [2.24, 2.45) is 0 Å². The number of rotatable bonds is 7. The van der Waals surface area contributed by atoms with Gasteiger partial charge in [-0.25, -0.2) is 0 Å². The Kier molecular flexibility index (Phi) is 6.93. The molecule has 0 amide bonds. The summed E-state index contributed by atoms with van der Waals surface area (Å²) in [7, 11) is 0. The Morgan fingerprint density at radius 2 is 1.91 bits per heavy atom. The summed E-state index contributed by atoms with van der Waals surface area (Å²) < 4.78 is 11.7. The minimum atomic E-state index is -0.226. The van der Waals surface area contributed by atoms with Crippen LogP contribution in [0.1, 0.15) is 24.0 Å². The van der Waals surface area contributed by atoms with E-state index in [0.717, 1.165) is 10.0 Å². The van der Waals surface area contributed by atoms with Crippen LogP contribution in [0.4, 0.5) is 0 Å². The van der Waals surface area contributed by atoms with Crippen LogP contribution < -0.4 is 4.74 Å². The van der Waals surface area contributed by atoms with Gasteiger partial charge in [-0.05, 0) is 37.1 Å². The molecule has 2 aromatic rings. The third-order valence-corrected chi connectivity index (χ3v) is 3.99. The van der Waals surface area contributed by atoms with Gasteiger partial charge >= 0.3 is 5.97 Å². The fourth-order valence-electron chi connectivity index (χ4n) is 1.91. The maximum Gasteiger partial charge on any atom is 0.306 e. The number of hydrogen-bond donors (Lipinski definition) is 0. The highest BCUT2D eigenvalue weighted by Crippen LogP contribution is 2.27. The van der Waals surface area contributed by atoms with E-state index in [1.54, 1.807) is 12.1 Å². The lowest BCUT2D eigenvalue weighted by Gasteiger charge is -2.08. The Morgan fingerprint density at radius 1 is 1.17 bits per heavy atom. The van der Waals surface area contributed by atoms with Crippen molar-refractivity contribution < 1.29 is 14.3 Å². The molecule has 122 valence electrons. The minimum Gasteiger partial charge on any atom is -0.492 e. The van der Waals surface area contributed by atoms with Gasteiger partial charge in [-0.3, -0.25) is 4.79 Å². The predicted molar refractivity (Wildman–Crippen MR) is 94.9 cm³/mol. The van der Waals surface area contributed by atoms with Crippen LogP contribution in [-0.4, -0.2) is 12.6 Å². The molecule has 0 bridgehead atoms. The van der Waals surface area contributed by atoms with E-state index in [1.165, 1.54) is 5.56 Å². The highest BCUT2D eigenvalue weighted by molar-refractivity contribution is 9.10. The van der Waals surface area contributed by atoms with Gasteiger partial charge in [0.1, 0.15) is 12.4 Å². The highest BCUT2D eigenvalue weighted by atomic mass is 79.9. The van der Waals surface area contributed by atoms with Crippen molar-refractivity contribution in [1.29, 1.82) is 0 Å². The summed E-state index contributed by atoms with van der Waals surface area (Å²) in [6, 6.07) is 13.3. The monoisotopic (exact) mass is 396 g/mol. The van der Waals surface area contributed by atoms with Gasteiger partial charge in [0.05, 0.1) is 11.6 Å². The summed E-state index contributed by atoms with van der Waals surface area (Å²) in [4.78, 5) is 11.7. The molecule has 0 unspecified atom stereocenters. The van der Waals surface area contributed by atoms with Gasteiger partial charge in [-0.2, -0.15) is 0 Å². The number of carbonyl (C=O) groups is 1. The van der Waals surface area contributed by atoms with Gasteiger partial charge in [0, 0.05) is 10.9 Å². The zero-order valence-electron chi connectivity index (χ0n) is 12.9. The quantitative estimate of drug-likeness (QED) is 0.469. The Bertz CT molecular complexity index is 656. The standard InChI is InChI=1S/C18H18BrClO3/c1-13-4-6-14(7-5-13)12-23-18(21)3-2-10-22-17-9-8-15(19)11-16(17)20/h4-9,11H,2-3,10,12H2,1H3. The van der Waals surface area contributed by atoms with E-state index in [9.17, 15) is 4.79 Å². The van der Waals surface area contributed by atoms with E-state index >= 15 is 0 Å². The molecule has 3 nitrogen and oxygen atoms in total. The van der Waals surface area contributed by atoms with Crippen LogP contribution in [-0.2, 0) is 16.1 Å². The molecular formula is C18H18BrClO3. The summed E-state index contributed by atoms with van der Waals surface area (Å²) in [5, 5.41) is 0.543. The van der Waals surface area contributed by atoms with Crippen LogP contribution in [0.25, 0.3) is 0 Å². The average Bonchev–Trinajstić information content (AvgIpc) is 2.52. The van der Waals surface area contributed by atoms with Crippen molar-refractivity contribution in [2.45, 2.75) is 26.4 Å². The van der Waals surface area contributed by atoms with Crippen molar-refractivity contribution in [3.05, 3.63) is 63.1 Å². The number of halogens is 2. The fraction of sp³-hybridized carbons (Fsp3) is 0.278. The fourth-order valence-corrected chi connectivity index (χ4v) is 2.64. The highest BCUT2D eigenvalue weighted by Gasteiger charge is 2.05. The lowest BCUT2D eigenvalue weighted by molar-refractivity contribution is -0.145. The first-order valence-electron chi connectivity index (χ1n) is 7.33. The summed E-state index contributed by atoms with van der Waals surface area (Å²) >= 11 is 9.39. The molecule has 0 atom stereocenters. The first kappa shape index (κ1) is 17.8. The molecule has 2 rings (SSSR count). The molecule has 0 aliphatic rings. The molecule has 0 radical (unpaired) electrons. The van der Waals surface area contributed by atoms with Crippen molar-refractivity contribution in [3.8, 4) is 5.75 Å². The van der Waals surface area contributed by atoms with Crippen LogP contribution in [0.15, 0.2) is 46.9 Å². The summed E-state index contributed by atoms with van der Waals surface area (Å²) in [5.41, 5.74) is 2.17. The molecule has 0 spiro atoms. The van der Waals surface area contributed by atoms with Gasteiger partial charge < -0.3 is 9.47 Å². The van der Waals surface area contributed by atoms with E-state index in [4.69, 9.17) is 21.1 Å². The zero-order valence-corrected chi connectivity index (χ0v) is 15.2. The second-order valence-electron chi connectivity index (χ2n) is 5.17. The molecule has 0 saturated carbocycles. The number of benzene rings is 2. The molecule has 0 aliphatic heterocycles. The van der Waals surface area contributed by atoms with Crippen LogP contribution in [0.2, 0.25) is 5.02 Å². The normalized spacial score (nSPS) is 10.4. The van der Waals surface area contributed by atoms with Crippen LogP contribution in [0, 0.1) is 6.92 Å². The van der Waals surface area contributed by atoms with Gasteiger partial charge in [0.15, 0.2) is 0 Å². The van der Waals surface area contributed by atoms with Crippen LogP contribution in [0.5, 0.6) is 5.75 Å². The number of hydrogen-bond acceptors (Lipinski definition) is 3. The van der Waals surface area contributed by atoms with Crippen molar-refractivity contribution >= 4 is 33.5 Å². The van der Waals surface area contributed by atoms with Crippen molar-refractivity contribution in [2.75, 3.05) is 6.61 Å². The van der Waals surface area contributed by atoms with E-state index < -0.39 is 0 Å². The van der Waals surface area contributed by atoms with Gasteiger partial charge in [0.2, 0.25) is 0 Å². The third kappa shape index (κ3) is 6.24. The van der Waals surface area contributed by atoms with E-state index in [-0.39, 0.29) is 5.97 Å². The Hall–Kier alpha value is -1.52. The van der Waals surface area contributed by atoms with E-state index in [0.29, 0.717) is 36.8 Å². The SMILES string of the molecule is Cc1ccc(COC(=O)CCCOc2ccc(Br)cc2Cl)cc1. The molecule has 0 saturated heterocycles. The maximum atomic E-state index is 11.7. The Balaban J connectivity index is 1.65. The van der Waals surface area contributed by atoms with Gasteiger partial charge in [-0.15, -0.1) is 0 Å². The minimum absolute atomic E-state index is 0.226. The van der Waals surface area contributed by atoms with Crippen molar-refractivity contribution in [3.63, 3.8) is 0 Å². The smallest absolute Gasteiger partial charge is 0.306 e. The topological polar surface area (TPSA) is 35.5 Å². The lowest BCUT2D eigenvalue weighted by Crippen LogP contribution is -2.07. The van der Waals surface area contributed by atoms with Crippen molar-refractivity contribution in [1.82, 2.24) is 0 Å². The van der Waals surface area contributed by atoms with E-state index in [2.05, 4.69) is 15.9 Å². The summed E-state index contributed by atoms with van der Waals surface area (Å²) in [5.74, 6) is 0.388. The largest absolute Gasteiger partial charge is 0.492 e. The second-order valence-corrected chi connectivity index (χ2v) is 6.50. The number of carbonyl (C=O) groups excluding carboxylic acids is 1. The first-order chi connectivity index (χ1) is 11.0. The molecule has 5 heteroatoms. The molecule has 0 fully saturated rings. The maximum absolute atomic E-state index is 11.7. The Morgan fingerprint density at radius 3 is 2.61 bits per heavy atom. The van der Waals surface area contributed by atoms with E-state index in [1.807, 2.05) is 37.3 Å². The number of aryl methyl sites for hydroxylation is 1. The summed E-state index contributed by atoms with van der Waals surface area (Å²) in [6.45, 7) is 2.74. The van der Waals surface area contributed by atoms with Gasteiger partial charge in [-0.1, -0.05) is 57.4 Å². The lowest BCUT2D eigenvalue weighted by atomic mass is 10.2. The molecule has 0 aromatic heterocycles. The molecule has 2 aromatic carbocycles. The molecular weight excluding hydrogens is 380 g/mol. The molecule has 0 N–H and O–H groups in total. The second kappa shape index (κ2) is 8.94. The van der Waals surface area contributed by atoms with Crippen LogP contribution in [0.3, 0.4) is 0 Å². The number of ether oxygens (including phenoxy) is 2. The van der Waals surface area contributed by atoms with Crippen LogP contribution >= 0.6 is 27.5 Å². The zero-order chi connectivity index (χ0) is 16.7. The molecule has 0 aliphatic carbocycles. The molecule has 0 heterocycles. The number of esters is 1. The average molecular weight is 398 g/mol.